The summed E-state index contributed by atoms with van der Waals surface area (Å²) in [5, 5.41) is 4.71. The Hall–Kier alpha value is -4.61. The molecule has 4 fully saturated rings. The Bertz CT molecular complexity index is 2000. The van der Waals surface area contributed by atoms with E-state index in [0.29, 0.717) is 39.7 Å². The van der Waals surface area contributed by atoms with Gasteiger partial charge < -0.3 is 28.8 Å². The Balaban J connectivity index is 1.15. The highest BCUT2D eigenvalue weighted by molar-refractivity contribution is 6.48. The van der Waals surface area contributed by atoms with Crippen LogP contribution in [0.3, 0.4) is 0 Å². The van der Waals surface area contributed by atoms with Crippen molar-refractivity contribution < 1.29 is 37.9 Å². The van der Waals surface area contributed by atoms with Gasteiger partial charge in [0.05, 0.1) is 24.8 Å². The van der Waals surface area contributed by atoms with Gasteiger partial charge in [0, 0.05) is 28.7 Å². The normalized spacial score (nSPS) is 23.7. The number of nitrogens with one attached hydrogen (secondary N) is 1. The number of para-hydroxylation sites is 1. The van der Waals surface area contributed by atoms with Crippen molar-refractivity contribution in [1.82, 2.24) is 9.88 Å². The number of fused-ring (bicyclic) bond motifs is 1. The van der Waals surface area contributed by atoms with E-state index < -0.39 is 36.3 Å². The molecule has 1 N–H and O–H groups in total. The Kier molecular flexibility index (Phi) is 9.24. The number of carbonyl (C=O) groups excluding carboxylic acids is 3. The molecule has 1 saturated heterocycles. The molecular formula is C41H47BN2O8. The number of nitrogens with zero attached hydrogens (tertiary/aromatic N) is 1. The predicted octanol–water partition coefficient (Wildman–Crippen LogP) is 7.40. The van der Waals surface area contributed by atoms with Crippen LogP contribution >= 0.6 is 0 Å². The Morgan fingerprint density at radius 2 is 1.73 bits per heavy atom. The van der Waals surface area contributed by atoms with Gasteiger partial charge in [0.15, 0.2) is 0 Å². The second kappa shape index (κ2) is 13.4. The molecule has 2 bridgehead atoms. The maximum absolute atomic E-state index is 14.1. The molecule has 3 aromatic carbocycles. The summed E-state index contributed by atoms with van der Waals surface area (Å²) in [7, 11) is 0.778. The Morgan fingerprint density at radius 1 is 0.981 bits per heavy atom. The minimum atomic E-state index is -0.742. The molecule has 0 radical (unpaired) electrons. The van der Waals surface area contributed by atoms with Crippen LogP contribution in [0.15, 0.2) is 79.1 Å². The maximum Gasteiger partial charge on any atom is 0.482 e. The van der Waals surface area contributed by atoms with Crippen LogP contribution in [0.4, 0.5) is 4.79 Å². The van der Waals surface area contributed by atoms with Crippen LogP contribution in [-0.4, -0.2) is 60.0 Å². The summed E-state index contributed by atoms with van der Waals surface area (Å²) in [4.78, 5) is 40.1. The van der Waals surface area contributed by atoms with Gasteiger partial charge in [0.1, 0.15) is 23.5 Å². The molecule has 2 heterocycles. The van der Waals surface area contributed by atoms with Crippen molar-refractivity contribution in [3.8, 4) is 5.75 Å². The fourth-order valence-electron chi connectivity index (χ4n) is 8.44. The molecule has 1 amide bonds. The second-order valence-electron chi connectivity index (χ2n) is 16.2. The number of amides is 1. The molecule has 8 rings (SSSR count). The lowest BCUT2D eigenvalue weighted by Crippen LogP contribution is -2.65. The summed E-state index contributed by atoms with van der Waals surface area (Å²) in [6.45, 7) is 12.4. The zero-order chi connectivity index (χ0) is 37.0. The van der Waals surface area contributed by atoms with Gasteiger partial charge in [-0.2, -0.15) is 0 Å². The molecule has 11 heteroatoms. The molecule has 0 spiro atoms. The first-order valence-electron chi connectivity index (χ1n) is 18.0. The van der Waals surface area contributed by atoms with Crippen molar-refractivity contribution in [3.05, 3.63) is 101 Å². The molecule has 4 aromatic rings. The molecule has 272 valence electrons. The molecule has 1 aromatic heterocycles. The molecular weight excluding hydrogens is 659 g/mol. The highest BCUT2D eigenvalue weighted by Gasteiger charge is 2.68. The average Bonchev–Trinajstić information content (AvgIpc) is 3.70. The van der Waals surface area contributed by atoms with Crippen LogP contribution in [0.2, 0.25) is 0 Å². The molecule has 3 aliphatic carbocycles. The van der Waals surface area contributed by atoms with E-state index in [4.69, 9.17) is 23.5 Å². The quantitative estimate of drug-likeness (QED) is 0.142. The van der Waals surface area contributed by atoms with Gasteiger partial charge in [-0.3, -0.25) is 9.36 Å². The maximum atomic E-state index is 14.1. The summed E-state index contributed by atoms with van der Waals surface area (Å²) in [6, 6.07) is 20.1. The predicted molar refractivity (Wildman–Crippen MR) is 197 cm³/mol. The van der Waals surface area contributed by atoms with E-state index in [1.165, 1.54) is 11.7 Å². The first-order valence-corrected chi connectivity index (χ1v) is 18.0. The molecule has 3 saturated carbocycles. The molecule has 1 aliphatic heterocycles. The topological polar surface area (TPSA) is 114 Å². The summed E-state index contributed by atoms with van der Waals surface area (Å²) in [6.07, 6.45) is 5.00. The number of esters is 1. The van der Waals surface area contributed by atoms with Crippen molar-refractivity contribution in [1.29, 1.82) is 0 Å². The SMILES string of the molecule is COc1c(C[C@H](NC(=O)c2ccc3cn(C(=O)OCc4ccccc4)cc3c2)B2OC3CC4CC(C4(C)C)C3(C)O2)cccc1C(=O)OC(C)(C)C. The summed E-state index contributed by atoms with van der Waals surface area (Å²) in [5.41, 5.74) is 1.26. The number of aromatic nitrogens is 1. The first kappa shape index (κ1) is 35.8. The average molecular weight is 707 g/mol. The standard InChI is InChI=1S/C41H47BN2O8/c1-39(2,3)50-37(46)31-15-11-14-26(35(31)48-7)19-34(42-51-33-21-30-20-32(40(30,4)5)41(33,6)52-42)43-36(45)27-16-17-28-22-44(23-29(28)18-27)38(47)49-24-25-12-9-8-10-13-25/h8-18,22-23,30,32-34H,19-21,24H2,1-7H3,(H,43,45)/t30?,32?,33?,34-,41?/m0/s1. The third-order valence-electron chi connectivity index (χ3n) is 11.3. The monoisotopic (exact) mass is 706 g/mol. The van der Waals surface area contributed by atoms with E-state index in [2.05, 4.69) is 26.1 Å². The summed E-state index contributed by atoms with van der Waals surface area (Å²) >= 11 is 0. The van der Waals surface area contributed by atoms with Crippen molar-refractivity contribution in [2.45, 2.75) is 90.7 Å². The van der Waals surface area contributed by atoms with Crippen molar-refractivity contribution >= 4 is 35.9 Å². The lowest BCUT2D eigenvalue weighted by atomic mass is 9.43. The first-order chi connectivity index (χ1) is 24.7. The fraction of sp³-hybridized carbons (Fsp3) is 0.439. The number of hydrogen-bond donors (Lipinski definition) is 1. The van der Waals surface area contributed by atoms with Crippen molar-refractivity contribution in [2.24, 2.45) is 17.3 Å². The Morgan fingerprint density at radius 3 is 2.44 bits per heavy atom. The number of methoxy groups -OCH3 is 1. The number of hydrogen-bond acceptors (Lipinski definition) is 8. The van der Waals surface area contributed by atoms with Crippen LogP contribution in [0.5, 0.6) is 5.75 Å². The van der Waals surface area contributed by atoms with Gasteiger partial charge in [0.25, 0.3) is 5.91 Å². The number of rotatable bonds is 9. The van der Waals surface area contributed by atoms with Gasteiger partial charge in [-0.05, 0) is 93.5 Å². The van der Waals surface area contributed by atoms with Crippen LogP contribution in [0.25, 0.3) is 10.8 Å². The van der Waals surface area contributed by atoms with Crippen LogP contribution in [0.1, 0.15) is 86.2 Å². The van der Waals surface area contributed by atoms with Gasteiger partial charge in [0.2, 0.25) is 0 Å². The molecule has 52 heavy (non-hydrogen) atoms. The minimum Gasteiger partial charge on any atom is -0.496 e. The van der Waals surface area contributed by atoms with Crippen molar-refractivity contribution in [2.75, 3.05) is 7.11 Å². The number of benzene rings is 3. The Labute approximate surface area is 305 Å². The lowest BCUT2D eigenvalue weighted by Gasteiger charge is -2.64. The zero-order valence-electron chi connectivity index (χ0n) is 30.9. The zero-order valence-corrected chi connectivity index (χ0v) is 30.9. The molecule has 10 nitrogen and oxygen atoms in total. The summed E-state index contributed by atoms with van der Waals surface area (Å²) in [5.74, 6) is -0.184. The lowest BCUT2D eigenvalue weighted by molar-refractivity contribution is -0.199. The smallest absolute Gasteiger partial charge is 0.482 e. The van der Waals surface area contributed by atoms with Crippen LogP contribution < -0.4 is 10.1 Å². The number of carbonyl (C=O) groups is 3. The van der Waals surface area contributed by atoms with E-state index in [0.717, 1.165) is 23.8 Å². The number of ether oxygens (including phenoxy) is 3. The molecule has 5 atom stereocenters. The van der Waals surface area contributed by atoms with Gasteiger partial charge in [-0.15, -0.1) is 0 Å². The molecule has 4 unspecified atom stereocenters. The van der Waals surface area contributed by atoms with E-state index in [1.807, 2.05) is 57.2 Å². The van der Waals surface area contributed by atoms with E-state index >= 15 is 0 Å². The van der Waals surface area contributed by atoms with Crippen molar-refractivity contribution in [3.63, 3.8) is 0 Å². The fourth-order valence-corrected chi connectivity index (χ4v) is 8.44. The largest absolute Gasteiger partial charge is 0.496 e. The van der Waals surface area contributed by atoms with E-state index in [9.17, 15) is 14.4 Å². The highest BCUT2D eigenvalue weighted by Crippen LogP contribution is 2.65. The second-order valence-corrected chi connectivity index (χ2v) is 16.2. The van der Waals surface area contributed by atoms with Gasteiger partial charge in [-0.1, -0.05) is 62.4 Å². The van der Waals surface area contributed by atoms with Crippen LogP contribution in [0, 0.1) is 17.3 Å². The highest BCUT2D eigenvalue weighted by atomic mass is 16.7. The van der Waals surface area contributed by atoms with Crippen LogP contribution in [-0.2, 0) is 31.8 Å². The van der Waals surface area contributed by atoms with E-state index in [1.54, 1.807) is 42.7 Å². The molecule has 4 aliphatic rings. The third kappa shape index (κ3) is 6.72. The minimum absolute atomic E-state index is 0.0959. The summed E-state index contributed by atoms with van der Waals surface area (Å²) < 4.78 is 31.9. The van der Waals surface area contributed by atoms with Gasteiger partial charge >= 0.3 is 19.2 Å². The van der Waals surface area contributed by atoms with E-state index in [-0.39, 0.29) is 30.5 Å². The third-order valence-corrected chi connectivity index (χ3v) is 11.3. The van der Waals surface area contributed by atoms with Gasteiger partial charge in [-0.25, -0.2) is 9.59 Å².